The molecule has 4 aliphatic carbocycles. The van der Waals surface area contributed by atoms with E-state index < -0.39 is 0 Å². The fourth-order valence-corrected chi connectivity index (χ4v) is 7.58. The number of benzene rings is 1. The van der Waals surface area contributed by atoms with E-state index >= 15 is 0 Å². The molecule has 2 heterocycles. The van der Waals surface area contributed by atoms with E-state index in [1.54, 1.807) is 13.3 Å². The number of anilines is 1. The third-order valence-corrected chi connectivity index (χ3v) is 10.4. The van der Waals surface area contributed by atoms with Crippen molar-refractivity contribution >= 4 is 11.7 Å². The molecule has 0 atom stereocenters. The van der Waals surface area contributed by atoms with E-state index in [-0.39, 0.29) is 34.7 Å². The topological polar surface area (TPSA) is 102 Å². The monoisotopic (exact) mass is 572 g/mol. The molecule has 8 nitrogen and oxygen atoms in total. The summed E-state index contributed by atoms with van der Waals surface area (Å²) < 4.78 is 11.0. The number of carbonyl (C=O) groups is 1. The maximum Gasteiger partial charge on any atom is 0.231 e. The van der Waals surface area contributed by atoms with Gasteiger partial charge >= 0.3 is 0 Å². The zero-order valence-corrected chi connectivity index (χ0v) is 25.4. The van der Waals surface area contributed by atoms with Gasteiger partial charge in [-0.1, -0.05) is 31.1 Å². The molecule has 4 aliphatic rings. The standard InChI is InChI=1S/C34H44N4O4/c1-22(2)31-36-30(37-42-31)25-11-18-35-29(20-25)38(32(40)24-5-8-27(39)9-6-24)21-33-12-15-34(16-13-33,17-14-33)26-7-10-28(41-4)23(3)19-26/h7,10-11,18-20,22,24,27,39H,5-6,8-9,12-17,21H2,1-4H3. The molecule has 0 radical (unpaired) electrons. The number of carbonyl (C=O) groups excluding carboxylic acids is 1. The molecule has 0 saturated heterocycles. The highest BCUT2D eigenvalue weighted by atomic mass is 16.5. The molecule has 8 heteroatoms. The molecule has 2 aromatic heterocycles. The van der Waals surface area contributed by atoms with Gasteiger partial charge in [0.1, 0.15) is 11.6 Å². The number of pyridine rings is 1. The predicted molar refractivity (Wildman–Crippen MR) is 161 cm³/mol. The van der Waals surface area contributed by atoms with E-state index in [2.05, 4.69) is 35.3 Å². The Morgan fingerprint density at radius 2 is 1.79 bits per heavy atom. The summed E-state index contributed by atoms with van der Waals surface area (Å²) in [5, 5.41) is 14.3. The van der Waals surface area contributed by atoms with Gasteiger partial charge in [-0.25, -0.2) is 4.98 Å². The quantitative estimate of drug-likeness (QED) is 0.319. The van der Waals surface area contributed by atoms with Crippen LogP contribution < -0.4 is 9.64 Å². The van der Waals surface area contributed by atoms with Crippen molar-refractivity contribution < 1.29 is 19.2 Å². The minimum atomic E-state index is -0.303. The Balaban J connectivity index is 1.27. The van der Waals surface area contributed by atoms with Crippen LogP contribution in [0.15, 0.2) is 41.1 Å². The first-order valence-corrected chi connectivity index (χ1v) is 15.7. The normalized spacial score (nSPS) is 27.3. The first-order valence-electron chi connectivity index (χ1n) is 15.7. The van der Waals surface area contributed by atoms with Crippen molar-refractivity contribution in [3.05, 3.63) is 53.5 Å². The van der Waals surface area contributed by atoms with Crippen LogP contribution >= 0.6 is 0 Å². The van der Waals surface area contributed by atoms with Crippen LogP contribution in [0.2, 0.25) is 0 Å². The number of methoxy groups -OCH3 is 1. The highest BCUT2D eigenvalue weighted by Gasteiger charge is 2.50. The molecule has 2 bridgehead atoms. The third kappa shape index (κ3) is 5.46. The second kappa shape index (κ2) is 11.4. The lowest BCUT2D eigenvalue weighted by molar-refractivity contribution is -0.124. The fraction of sp³-hybridized carbons (Fsp3) is 0.588. The van der Waals surface area contributed by atoms with Gasteiger partial charge in [0, 0.05) is 30.1 Å². The van der Waals surface area contributed by atoms with Crippen molar-refractivity contribution in [3.63, 3.8) is 0 Å². The van der Waals surface area contributed by atoms with E-state index in [0.29, 0.717) is 49.8 Å². The molecule has 42 heavy (non-hydrogen) atoms. The molecule has 0 unspecified atom stereocenters. The molecule has 3 aromatic rings. The number of aliphatic hydroxyl groups excluding tert-OH is 1. The van der Waals surface area contributed by atoms with Gasteiger partial charge in [-0.05, 0) is 111 Å². The smallest absolute Gasteiger partial charge is 0.231 e. The molecule has 7 rings (SSSR count). The van der Waals surface area contributed by atoms with E-state index in [1.807, 2.05) is 30.9 Å². The molecule has 1 aromatic carbocycles. The second-order valence-corrected chi connectivity index (χ2v) is 13.4. The lowest BCUT2D eigenvalue weighted by atomic mass is 9.51. The van der Waals surface area contributed by atoms with Gasteiger partial charge in [0.05, 0.1) is 13.2 Å². The molecule has 4 fully saturated rings. The van der Waals surface area contributed by atoms with E-state index in [9.17, 15) is 9.90 Å². The Labute approximate surface area is 248 Å². The zero-order chi connectivity index (χ0) is 29.5. The number of amides is 1. The Morgan fingerprint density at radius 1 is 1.07 bits per heavy atom. The first-order chi connectivity index (χ1) is 20.2. The zero-order valence-electron chi connectivity index (χ0n) is 25.4. The number of ether oxygens (including phenoxy) is 1. The fourth-order valence-electron chi connectivity index (χ4n) is 7.58. The number of hydrogen-bond acceptors (Lipinski definition) is 7. The Kier molecular flexibility index (Phi) is 7.85. The Morgan fingerprint density at radius 3 is 2.40 bits per heavy atom. The van der Waals surface area contributed by atoms with Gasteiger partial charge in [0.15, 0.2) is 0 Å². The highest BCUT2D eigenvalue weighted by Crippen LogP contribution is 2.58. The van der Waals surface area contributed by atoms with E-state index in [1.165, 1.54) is 11.1 Å². The van der Waals surface area contributed by atoms with Gasteiger partial charge in [0.25, 0.3) is 0 Å². The lowest BCUT2D eigenvalue weighted by Crippen LogP contribution is -2.52. The lowest BCUT2D eigenvalue weighted by Gasteiger charge is -2.55. The van der Waals surface area contributed by atoms with Crippen LogP contribution in [-0.2, 0) is 10.2 Å². The molecular weight excluding hydrogens is 528 g/mol. The molecule has 224 valence electrons. The predicted octanol–water partition coefficient (Wildman–Crippen LogP) is 6.75. The highest BCUT2D eigenvalue weighted by molar-refractivity contribution is 5.94. The largest absolute Gasteiger partial charge is 0.496 e. The number of aliphatic hydroxyl groups is 1. The summed E-state index contributed by atoms with van der Waals surface area (Å²) in [4.78, 5) is 25.5. The summed E-state index contributed by atoms with van der Waals surface area (Å²) in [6, 6.07) is 10.5. The molecule has 1 amide bonds. The summed E-state index contributed by atoms with van der Waals surface area (Å²) >= 11 is 0. The molecule has 0 spiro atoms. The van der Waals surface area contributed by atoms with Gasteiger partial charge in [-0.2, -0.15) is 4.98 Å². The Bertz CT molecular complexity index is 1400. The Hall–Kier alpha value is -3.26. The van der Waals surface area contributed by atoms with Crippen molar-refractivity contribution in [2.45, 2.75) is 102 Å². The number of fused-ring (bicyclic) bond motifs is 3. The maximum atomic E-state index is 14.2. The van der Waals surface area contributed by atoms with Crippen molar-refractivity contribution in [2.24, 2.45) is 11.3 Å². The SMILES string of the molecule is COc1ccc(C23CCC(CN(C(=O)C4CCC(O)CC4)c4cc(-c5noc(C(C)C)n5)ccn4)(CC2)CC3)cc1C. The van der Waals surface area contributed by atoms with E-state index in [0.717, 1.165) is 49.8 Å². The van der Waals surface area contributed by atoms with Crippen molar-refractivity contribution in [1.82, 2.24) is 15.1 Å². The van der Waals surface area contributed by atoms with Crippen molar-refractivity contribution in [1.29, 1.82) is 0 Å². The number of hydrogen-bond donors (Lipinski definition) is 1. The minimum Gasteiger partial charge on any atom is -0.496 e. The average molecular weight is 573 g/mol. The van der Waals surface area contributed by atoms with Gasteiger partial charge in [-0.15, -0.1) is 0 Å². The first kappa shape index (κ1) is 28.8. The minimum absolute atomic E-state index is 0.0712. The molecule has 1 N–H and O–H groups in total. The summed E-state index contributed by atoms with van der Waals surface area (Å²) in [6.45, 7) is 6.84. The van der Waals surface area contributed by atoms with Gasteiger partial charge in [0.2, 0.25) is 17.6 Å². The van der Waals surface area contributed by atoms with Crippen LogP contribution in [0.5, 0.6) is 5.75 Å². The average Bonchev–Trinajstić information content (AvgIpc) is 3.52. The second-order valence-electron chi connectivity index (χ2n) is 13.4. The number of aromatic nitrogens is 3. The van der Waals surface area contributed by atoms with E-state index in [4.69, 9.17) is 14.2 Å². The summed E-state index contributed by atoms with van der Waals surface area (Å²) in [5.74, 6) is 2.88. The van der Waals surface area contributed by atoms with Crippen LogP contribution in [0.25, 0.3) is 11.4 Å². The van der Waals surface area contributed by atoms with Crippen LogP contribution in [0, 0.1) is 18.3 Å². The van der Waals surface area contributed by atoms with Crippen LogP contribution in [-0.4, -0.2) is 45.9 Å². The van der Waals surface area contributed by atoms with Crippen LogP contribution in [0.3, 0.4) is 0 Å². The third-order valence-electron chi connectivity index (χ3n) is 10.4. The number of aryl methyl sites for hydroxylation is 1. The summed E-state index contributed by atoms with van der Waals surface area (Å²) in [6.07, 6.45) is 10.9. The molecule has 4 saturated carbocycles. The van der Waals surface area contributed by atoms with Crippen LogP contribution in [0.4, 0.5) is 5.82 Å². The number of nitrogens with zero attached hydrogens (tertiary/aromatic N) is 4. The molecule has 0 aliphatic heterocycles. The molecular formula is C34H44N4O4. The van der Waals surface area contributed by atoms with Gasteiger partial charge in [-0.3, -0.25) is 9.69 Å². The number of rotatable bonds is 8. The van der Waals surface area contributed by atoms with Crippen molar-refractivity contribution in [3.8, 4) is 17.1 Å². The summed E-state index contributed by atoms with van der Waals surface area (Å²) in [7, 11) is 1.73. The van der Waals surface area contributed by atoms with Gasteiger partial charge < -0.3 is 14.4 Å². The van der Waals surface area contributed by atoms with Crippen LogP contribution in [0.1, 0.15) is 101 Å². The maximum absolute atomic E-state index is 14.2. The van der Waals surface area contributed by atoms with Crippen molar-refractivity contribution in [2.75, 3.05) is 18.6 Å². The summed E-state index contributed by atoms with van der Waals surface area (Å²) in [5.41, 5.74) is 3.69.